The molecule has 3 rings (SSSR count). The molecule has 11 heteroatoms. The molecule has 1 atom stereocenters. The number of nitrogens with zero attached hydrogens (tertiary/aromatic N) is 2. The Morgan fingerprint density at radius 3 is 2.30 bits per heavy atom. The zero-order valence-corrected chi connectivity index (χ0v) is 22.9. The minimum Gasteiger partial charge on any atom is -0.489 e. The van der Waals surface area contributed by atoms with Crippen LogP contribution in [-0.2, 0) is 17.5 Å². The number of carbonyl (C=O) groups is 2. The van der Waals surface area contributed by atoms with E-state index < -0.39 is 22.5 Å². The third kappa shape index (κ3) is 8.18. The predicted octanol–water partition coefficient (Wildman–Crippen LogP) is 5.21. The Morgan fingerprint density at radius 1 is 1.03 bits per heavy atom. The zero-order chi connectivity index (χ0) is 27.3. The first-order chi connectivity index (χ1) is 17.3. The molecule has 2 amide bonds. The third-order valence-corrected chi connectivity index (χ3v) is 6.30. The van der Waals surface area contributed by atoms with Crippen LogP contribution in [0.1, 0.15) is 42.3 Å². The van der Waals surface area contributed by atoms with Crippen molar-refractivity contribution < 1.29 is 27.5 Å². The second-order valence-electron chi connectivity index (χ2n) is 9.39. The molecule has 2 aromatic carbocycles. The molecule has 7 nitrogen and oxygen atoms in total. The van der Waals surface area contributed by atoms with Gasteiger partial charge in [0.2, 0.25) is 5.91 Å². The van der Waals surface area contributed by atoms with Gasteiger partial charge in [-0.05, 0) is 63.7 Å². The number of hydrogen-bond acceptors (Lipinski definition) is 5. The lowest BCUT2D eigenvalue weighted by Crippen LogP contribution is -2.44. The van der Waals surface area contributed by atoms with E-state index >= 15 is 0 Å². The van der Waals surface area contributed by atoms with Crippen molar-refractivity contribution >= 4 is 39.1 Å². The van der Waals surface area contributed by atoms with Crippen LogP contribution >= 0.6 is 15.9 Å². The number of benzene rings is 2. The molecule has 202 valence electrons. The molecule has 1 aliphatic heterocycles. The standard InChI is InChI=1S/C26H32BrF3N4O3/c1-16(2)37-23-8-6-18(13-22(23)32-24(35)17(3)27)25(36)31-20-7-5-19(21(14-20)26(28,29)30)15-34-11-9-33(4)10-12-34/h5-8,13-14,16-17H,9-12,15H2,1-4H3,(H,31,36)(H,32,35). The Kier molecular flexibility index (Phi) is 9.60. The quantitative estimate of drug-likeness (QED) is 0.416. The van der Waals surface area contributed by atoms with Crippen LogP contribution in [0.25, 0.3) is 0 Å². The van der Waals surface area contributed by atoms with Gasteiger partial charge in [0.15, 0.2) is 0 Å². The highest BCUT2D eigenvalue weighted by Gasteiger charge is 2.34. The minimum atomic E-state index is -4.57. The fraction of sp³-hybridized carbons (Fsp3) is 0.462. The predicted molar refractivity (Wildman–Crippen MR) is 141 cm³/mol. The first kappa shape index (κ1) is 28.9. The van der Waals surface area contributed by atoms with Gasteiger partial charge < -0.3 is 20.3 Å². The Balaban J connectivity index is 1.82. The molecule has 1 aliphatic rings. The van der Waals surface area contributed by atoms with Gasteiger partial charge in [0.1, 0.15) is 5.75 Å². The summed E-state index contributed by atoms with van der Waals surface area (Å²) >= 11 is 3.20. The van der Waals surface area contributed by atoms with Crippen LogP contribution in [0.15, 0.2) is 36.4 Å². The van der Waals surface area contributed by atoms with Crippen molar-refractivity contribution in [1.29, 1.82) is 0 Å². The number of ether oxygens (including phenoxy) is 1. The summed E-state index contributed by atoms with van der Waals surface area (Å²) < 4.78 is 47.4. The molecule has 0 bridgehead atoms. The molecule has 1 fully saturated rings. The van der Waals surface area contributed by atoms with Crippen LogP contribution in [0, 0.1) is 0 Å². The van der Waals surface area contributed by atoms with E-state index in [1.54, 1.807) is 13.0 Å². The topological polar surface area (TPSA) is 73.9 Å². The monoisotopic (exact) mass is 584 g/mol. The Bertz CT molecular complexity index is 1120. The van der Waals surface area contributed by atoms with E-state index in [-0.39, 0.29) is 41.1 Å². The Labute approximate surface area is 223 Å². The number of carbonyl (C=O) groups excluding carboxylic acids is 2. The average Bonchev–Trinajstić information content (AvgIpc) is 2.81. The van der Waals surface area contributed by atoms with Crippen molar-refractivity contribution in [1.82, 2.24) is 9.80 Å². The highest BCUT2D eigenvalue weighted by atomic mass is 79.9. The normalized spacial score (nSPS) is 15.9. The number of likely N-dealkylation sites (N-methyl/N-ethyl adjacent to an activating group) is 1. The van der Waals surface area contributed by atoms with Gasteiger partial charge in [-0.25, -0.2) is 0 Å². The van der Waals surface area contributed by atoms with Gasteiger partial charge in [0, 0.05) is 44.0 Å². The van der Waals surface area contributed by atoms with Crippen LogP contribution in [0.5, 0.6) is 5.75 Å². The summed E-state index contributed by atoms with van der Waals surface area (Å²) in [5.74, 6) is -0.573. The molecule has 0 saturated carbocycles. The van der Waals surface area contributed by atoms with Gasteiger partial charge in [-0.1, -0.05) is 22.0 Å². The van der Waals surface area contributed by atoms with E-state index in [0.717, 1.165) is 19.2 Å². The molecule has 0 aliphatic carbocycles. The average molecular weight is 585 g/mol. The lowest BCUT2D eigenvalue weighted by molar-refractivity contribution is -0.138. The van der Waals surface area contributed by atoms with Crippen LogP contribution in [0.3, 0.4) is 0 Å². The fourth-order valence-electron chi connectivity index (χ4n) is 3.86. The van der Waals surface area contributed by atoms with E-state index in [4.69, 9.17) is 4.74 Å². The van der Waals surface area contributed by atoms with Crippen LogP contribution in [-0.4, -0.2) is 65.8 Å². The summed E-state index contributed by atoms with van der Waals surface area (Å²) in [5, 5.41) is 5.25. The lowest BCUT2D eigenvalue weighted by Gasteiger charge is -2.33. The first-order valence-corrected chi connectivity index (χ1v) is 12.9. The highest BCUT2D eigenvalue weighted by molar-refractivity contribution is 9.10. The van der Waals surface area contributed by atoms with E-state index in [1.165, 1.54) is 24.3 Å². The van der Waals surface area contributed by atoms with Crippen molar-refractivity contribution in [3.63, 3.8) is 0 Å². The van der Waals surface area contributed by atoms with Crippen molar-refractivity contribution in [3.05, 3.63) is 53.1 Å². The third-order valence-electron chi connectivity index (χ3n) is 5.89. The molecule has 1 saturated heterocycles. The summed E-state index contributed by atoms with van der Waals surface area (Å²) in [6.07, 6.45) is -4.75. The molecule has 1 heterocycles. The molecule has 2 aromatic rings. The van der Waals surface area contributed by atoms with E-state index in [0.29, 0.717) is 18.8 Å². The van der Waals surface area contributed by atoms with Gasteiger partial charge >= 0.3 is 6.18 Å². The zero-order valence-electron chi connectivity index (χ0n) is 21.3. The van der Waals surface area contributed by atoms with Crippen molar-refractivity contribution in [2.24, 2.45) is 0 Å². The lowest BCUT2D eigenvalue weighted by atomic mass is 10.0. The number of anilines is 2. The largest absolute Gasteiger partial charge is 0.489 e. The van der Waals surface area contributed by atoms with E-state index in [9.17, 15) is 22.8 Å². The number of amides is 2. The van der Waals surface area contributed by atoms with Gasteiger partial charge in [0.25, 0.3) is 5.91 Å². The summed E-state index contributed by atoms with van der Waals surface area (Å²) in [6, 6.07) is 8.33. The van der Waals surface area contributed by atoms with Crippen molar-refractivity contribution in [2.45, 2.75) is 44.4 Å². The molecule has 37 heavy (non-hydrogen) atoms. The summed E-state index contributed by atoms with van der Waals surface area (Å²) in [5.41, 5.74) is -0.134. The number of nitrogens with one attached hydrogen (secondary N) is 2. The van der Waals surface area contributed by atoms with Gasteiger partial charge in [0.05, 0.1) is 22.2 Å². The molecule has 2 N–H and O–H groups in total. The van der Waals surface area contributed by atoms with Crippen molar-refractivity contribution in [3.8, 4) is 5.75 Å². The molecule has 1 unspecified atom stereocenters. The maximum atomic E-state index is 13.9. The van der Waals surface area contributed by atoms with Crippen molar-refractivity contribution in [2.75, 3.05) is 43.9 Å². The summed E-state index contributed by atoms with van der Waals surface area (Å²) in [7, 11) is 1.99. The second-order valence-corrected chi connectivity index (χ2v) is 10.8. The smallest absolute Gasteiger partial charge is 0.416 e. The Morgan fingerprint density at radius 2 is 1.70 bits per heavy atom. The maximum Gasteiger partial charge on any atom is 0.416 e. The molecule has 0 radical (unpaired) electrons. The van der Waals surface area contributed by atoms with E-state index in [1.807, 2.05) is 25.8 Å². The van der Waals surface area contributed by atoms with E-state index in [2.05, 4.69) is 31.5 Å². The van der Waals surface area contributed by atoms with Crippen LogP contribution < -0.4 is 15.4 Å². The number of piperazine rings is 1. The number of alkyl halides is 4. The fourth-order valence-corrected chi connectivity index (χ4v) is 3.98. The van der Waals surface area contributed by atoms with Crippen LogP contribution in [0.4, 0.5) is 24.5 Å². The maximum absolute atomic E-state index is 13.9. The number of halogens is 4. The van der Waals surface area contributed by atoms with Gasteiger partial charge in [-0.2, -0.15) is 13.2 Å². The Hall–Kier alpha value is -2.63. The molecular weight excluding hydrogens is 553 g/mol. The summed E-state index contributed by atoms with van der Waals surface area (Å²) in [6.45, 7) is 8.46. The number of hydrogen-bond donors (Lipinski definition) is 2. The molecular formula is C26H32BrF3N4O3. The minimum absolute atomic E-state index is 0.0293. The van der Waals surface area contributed by atoms with Gasteiger partial charge in [-0.15, -0.1) is 0 Å². The summed E-state index contributed by atoms with van der Waals surface area (Å²) in [4.78, 5) is 28.8. The van der Waals surface area contributed by atoms with Gasteiger partial charge in [-0.3, -0.25) is 14.5 Å². The first-order valence-electron chi connectivity index (χ1n) is 12.0. The molecule has 0 aromatic heterocycles. The molecule has 0 spiro atoms. The SMILES string of the molecule is CC(C)Oc1ccc(C(=O)Nc2ccc(CN3CCN(C)CC3)c(C(F)(F)F)c2)cc1NC(=O)C(C)Br. The van der Waals surface area contributed by atoms with Crippen LogP contribution in [0.2, 0.25) is 0 Å². The second kappa shape index (κ2) is 12.3. The highest BCUT2D eigenvalue weighted by Crippen LogP contribution is 2.35. The number of rotatable bonds is 8.